The van der Waals surface area contributed by atoms with Crippen molar-refractivity contribution in [2.24, 2.45) is 0 Å². The molecule has 0 aromatic heterocycles. The van der Waals surface area contributed by atoms with Gasteiger partial charge >= 0.3 is 0 Å². The highest BCUT2D eigenvalue weighted by Crippen LogP contribution is 2.49. The summed E-state index contributed by atoms with van der Waals surface area (Å²) in [6.45, 7) is 0. The Morgan fingerprint density at radius 1 is 0.708 bits per heavy atom. The topological polar surface area (TPSA) is 0 Å². The van der Waals surface area contributed by atoms with Crippen molar-refractivity contribution < 1.29 is 0 Å². The Balaban J connectivity index is 1.98. The lowest BCUT2D eigenvalue weighted by Gasteiger charge is -2.29. The summed E-state index contributed by atoms with van der Waals surface area (Å²) in [5.41, 5.74) is 5.87. The van der Waals surface area contributed by atoms with Crippen molar-refractivity contribution in [1.29, 1.82) is 0 Å². The van der Waals surface area contributed by atoms with E-state index in [0.29, 0.717) is 5.25 Å². The minimum atomic E-state index is 0.540. The van der Waals surface area contributed by atoms with Crippen LogP contribution in [0.4, 0.5) is 0 Å². The molecule has 5 rings (SSSR count). The van der Waals surface area contributed by atoms with Crippen molar-refractivity contribution in [3.8, 4) is 11.1 Å². The molecule has 0 unspecified atom stereocenters. The number of benzene rings is 4. The predicted octanol–water partition coefficient (Wildman–Crippen LogP) is 6.62. The molecular weight excluding hydrogens is 308 g/mol. The monoisotopic (exact) mass is 326 g/mol. The van der Waals surface area contributed by atoms with Crippen LogP contribution in [0.2, 0.25) is 0 Å². The SMILES string of the molecule is CS[C@@H]1Cc2ccc3ccccc3c2-c2c1ccc1ccccc21. The van der Waals surface area contributed by atoms with E-state index in [1.807, 2.05) is 11.8 Å². The maximum absolute atomic E-state index is 2.35. The lowest BCUT2D eigenvalue weighted by Crippen LogP contribution is -2.09. The Hall–Kier alpha value is -2.25. The fourth-order valence-electron chi connectivity index (χ4n) is 4.14. The third kappa shape index (κ3) is 1.94. The minimum Gasteiger partial charge on any atom is -0.157 e. The quantitative estimate of drug-likeness (QED) is 0.379. The molecule has 1 atom stereocenters. The first-order valence-corrected chi connectivity index (χ1v) is 9.71. The zero-order valence-corrected chi connectivity index (χ0v) is 14.4. The molecule has 0 saturated carbocycles. The third-order valence-electron chi connectivity index (χ3n) is 5.26. The van der Waals surface area contributed by atoms with E-state index in [0.717, 1.165) is 6.42 Å². The molecule has 0 N–H and O–H groups in total. The van der Waals surface area contributed by atoms with E-state index in [4.69, 9.17) is 0 Å². The molecule has 0 bridgehead atoms. The Labute approximate surface area is 146 Å². The van der Waals surface area contributed by atoms with E-state index < -0.39 is 0 Å². The van der Waals surface area contributed by atoms with Crippen LogP contribution in [0.15, 0.2) is 72.8 Å². The molecular formula is C23H18S. The first kappa shape index (κ1) is 14.1. The maximum Gasteiger partial charge on any atom is 0.0341 e. The van der Waals surface area contributed by atoms with Crippen LogP contribution in [-0.2, 0) is 6.42 Å². The van der Waals surface area contributed by atoms with Crippen LogP contribution in [0.1, 0.15) is 16.4 Å². The van der Waals surface area contributed by atoms with Crippen molar-refractivity contribution in [3.63, 3.8) is 0 Å². The van der Waals surface area contributed by atoms with E-state index in [2.05, 4.69) is 79.1 Å². The summed E-state index contributed by atoms with van der Waals surface area (Å²) < 4.78 is 0. The maximum atomic E-state index is 2.35. The van der Waals surface area contributed by atoms with E-state index in [1.165, 1.54) is 43.8 Å². The molecule has 1 aliphatic rings. The second kappa shape index (κ2) is 5.39. The van der Waals surface area contributed by atoms with Crippen molar-refractivity contribution in [2.75, 3.05) is 6.26 Å². The van der Waals surface area contributed by atoms with Crippen LogP contribution < -0.4 is 0 Å². The van der Waals surface area contributed by atoms with E-state index in [1.54, 1.807) is 0 Å². The summed E-state index contributed by atoms with van der Waals surface area (Å²) in [5.74, 6) is 0. The fraction of sp³-hybridized carbons (Fsp3) is 0.130. The Morgan fingerprint density at radius 2 is 1.33 bits per heavy atom. The lowest BCUT2D eigenvalue weighted by atomic mass is 9.80. The van der Waals surface area contributed by atoms with Gasteiger partial charge in [0.2, 0.25) is 0 Å². The Morgan fingerprint density at radius 3 is 2.04 bits per heavy atom. The largest absolute Gasteiger partial charge is 0.157 e. The smallest absolute Gasteiger partial charge is 0.0341 e. The molecule has 0 radical (unpaired) electrons. The summed E-state index contributed by atoms with van der Waals surface area (Å²) in [5, 5.41) is 5.96. The predicted molar refractivity (Wildman–Crippen MR) is 107 cm³/mol. The Kier molecular flexibility index (Phi) is 3.17. The zero-order chi connectivity index (χ0) is 16.1. The summed E-state index contributed by atoms with van der Waals surface area (Å²) in [6, 6.07) is 26.8. The molecule has 24 heavy (non-hydrogen) atoms. The number of fused-ring (bicyclic) bond motifs is 7. The van der Waals surface area contributed by atoms with Crippen LogP contribution in [-0.4, -0.2) is 6.26 Å². The van der Waals surface area contributed by atoms with Crippen LogP contribution in [0.5, 0.6) is 0 Å². The van der Waals surface area contributed by atoms with Crippen molar-refractivity contribution in [1.82, 2.24) is 0 Å². The highest BCUT2D eigenvalue weighted by Gasteiger charge is 2.26. The molecule has 0 nitrogen and oxygen atoms in total. The number of rotatable bonds is 1. The van der Waals surface area contributed by atoms with Gasteiger partial charge in [-0.1, -0.05) is 72.8 Å². The average Bonchev–Trinajstić information content (AvgIpc) is 2.66. The van der Waals surface area contributed by atoms with Gasteiger partial charge in [-0.05, 0) is 56.5 Å². The van der Waals surface area contributed by atoms with Crippen molar-refractivity contribution in [2.45, 2.75) is 11.7 Å². The minimum absolute atomic E-state index is 0.540. The van der Waals surface area contributed by atoms with E-state index in [-0.39, 0.29) is 0 Å². The highest BCUT2D eigenvalue weighted by atomic mass is 32.2. The molecule has 0 spiro atoms. The third-order valence-corrected chi connectivity index (χ3v) is 6.25. The van der Waals surface area contributed by atoms with Crippen LogP contribution in [0.3, 0.4) is 0 Å². The summed E-state index contributed by atoms with van der Waals surface area (Å²) in [4.78, 5) is 0. The molecule has 0 fully saturated rings. The molecule has 4 aromatic rings. The number of hydrogen-bond donors (Lipinski definition) is 0. The summed E-state index contributed by atoms with van der Waals surface area (Å²) >= 11 is 1.97. The van der Waals surface area contributed by atoms with Gasteiger partial charge in [-0.25, -0.2) is 0 Å². The molecule has 0 heterocycles. The van der Waals surface area contributed by atoms with Gasteiger partial charge in [-0.2, -0.15) is 11.8 Å². The van der Waals surface area contributed by atoms with Crippen molar-refractivity contribution in [3.05, 3.63) is 83.9 Å². The second-order valence-electron chi connectivity index (χ2n) is 6.50. The molecule has 1 heteroatoms. The van der Waals surface area contributed by atoms with Gasteiger partial charge in [0.15, 0.2) is 0 Å². The summed E-state index contributed by atoms with van der Waals surface area (Å²) in [7, 11) is 0. The zero-order valence-electron chi connectivity index (χ0n) is 13.6. The van der Waals surface area contributed by atoms with Gasteiger partial charge in [0.05, 0.1) is 0 Å². The lowest BCUT2D eigenvalue weighted by molar-refractivity contribution is 0.923. The molecule has 116 valence electrons. The van der Waals surface area contributed by atoms with Crippen LogP contribution in [0.25, 0.3) is 32.7 Å². The van der Waals surface area contributed by atoms with Gasteiger partial charge in [-0.3, -0.25) is 0 Å². The molecule has 0 saturated heterocycles. The van der Waals surface area contributed by atoms with Crippen LogP contribution >= 0.6 is 11.8 Å². The molecule has 1 aliphatic carbocycles. The van der Waals surface area contributed by atoms with Gasteiger partial charge in [0.25, 0.3) is 0 Å². The first-order chi connectivity index (χ1) is 11.9. The fourth-order valence-corrected chi connectivity index (χ4v) is 4.93. The molecule has 0 aliphatic heterocycles. The summed E-state index contributed by atoms with van der Waals surface area (Å²) in [6.07, 6.45) is 3.35. The molecule has 4 aromatic carbocycles. The van der Waals surface area contributed by atoms with Gasteiger partial charge in [0, 0.05) is 5.25 Å². The number of thioether (sulfide) groups is 1. The highest BCUT2D eigenvalue weighted by molar-refractivity contribution is 7.98. The Bertz CT molecular complexity index is 1080. The van der Waals surface area contributed by atoms with E-state index >= 15 is 0 Å². The first-order valence-electron chi connectivity index (χ1n) is 8.42. The molecule has 0 amide bonds. The van der Waals surface area contributed by atoms with Gasteiger partial charge in [-0.15, -0.1) is 0 Å². The van der Waals surface area contributed by atoms with Gasteiger partial charge in [0.1, 0.15) is 0 Å². The van der Waals surface area contributed by atoms with Crippen molar-refractivity contribution >= 4 is 33.3 Å². The number of hydrogen-bond acceptors (Lipinski definition) is 1. The van der Waals surface area contributed by atoms with Gasteiger partial charge < -0.3 is 0 Å². The average molecular weight is 326 g/mol. The normalized spacial score (nSPS) is 16.1. The van der Waals surface area contributed by atoms with E-state index in [9.17, 15) is 0 Å². The second-order valence-corrected chi connectivity index (χ2v) is 7.54. The standard InChI is InChI=1S/C23H18S/c1-24-21-14-17-11-10-15-6-2-4-8-18(15)22(17)23-19-9-5-3-7-16(19)12-13-20(21)23/h2-13,21H,14H2,1H3/t21-/m1/s1. The van der Waals surface area contributed by atoms with Crippen LogP contribution in [0, 0.1) is 0 Å².